The summed E-state index contributed by atoms with van der Waals surface area (Å²) in [7, 11) is 0. The van der Waals surface area contributed by atoms with Gasteiger partial charge >= 0.3 is 0 Å². The number of thioether (sulfide) groups is 1. The van der Waals surface area contributed by atoms with Crippen molar-refractivity contribution in [2.24, 2.45) is 0 Å². The summed E-state index contributed by atoms with van der Waals surface area (Å²) >= 11 is 1.75. The number of hydrogen-bond acceptors (Lipinski definition) is 2. The van der Waals surface area contributed by atoms with Crippen molar-refractivity contribution < 1.29 is 4.79 Å². The van der Waals surface area contributed by atoms with Crippen LogP contribution in [-0.4, -0.2) is 17.7 Å². The Kier molecular flexibility index (Phi) is 7.21. The molecule has 0 bridgehead atoms. The fourth-order valence-electron chi connectivity index (χ4n) is 2.39. The fourth-order valence-corrected chi connectivity index (χ4v) is 3.31. The van der Waals surface area contributed by atoms with E-state index in [9.17, 15) is 4.79 Å². The zero-order chi connectivity index (χ0) is 16.5. The van der Waals surface area contributed by atoms with Gasteiger partial charge in [-0.05, 0) is 49.6 Å². The summed E-state index contributed by atoms with van der Waals surface area (Å²) in [5, 5.41) is 3.13. The van der Waals surface area contributed by atoms with Crippen molar-refractivity contribution in [1.82, 2.24) is 5.32 Å². The van der Waals surface area contributed by atoms with Crippen molar-refractivity contribution in [1.29, 1.82) is 0 Å². The second kappa shape index (κ2) is 9.41. The van der Waals surface area contributed by atoms with Crippen molar-refractivity contribution in [3.63, 3.8) is 0 Å². The van der Waals surface area contributed by atoms with Crippen LogP contribution in [0.2, 0.25) is 0 Å². The van der Waals surface area contributed by atoms with E-state index in [0.717, 1.165) is 35.5 Å². The lowest BCUT2D eigenvalue weighted by molar-refractivity contribution is 0.0935. The van der Waals surface area contributed by atoms with E-state index in [1.807, 2.05) is 30.3 Å². The molecule has 0 aliphatic heterocycles. The second-order valence-corrected chi connectivity index (χ2v) is 6.88. The molecule has 2 nitrogen and oxygen atoms in total. The van der Waals surface area contributed by atoms with Crippen LogP contribution >= 0.6 is 11.8 Å². The molecule has 0 spiro atoms. The lowest BCUT2D eigenvalue weighted by atomic mass is 10.1. The smallest absolute Gasteiger partial charge is 0.252 e. The lowest BCUT2D eigenvalue weighted by Gasteiger charge is -2.15. The van der Waals surface area contributed by atoms with Crippen LogP contribution in [0.4, 0.5) is 0 Å². The van der Waals surface area contributed by atoms with E-state index >= 15 is 0 Å². The summed E-state index contributed by atoms with van der Waals surface area (Å²) in [6, 6.07) is 18.4. The zero-order valence-corrected chi connectivity index (χ0v) is 14.7. The van der Waals surface area contributed by atoms with Crippen LogP contribution in [0, 0.1) is 0 Å². The van der Waals surface area contributed by atoms with Gasteiger partial charge in [0.05, 0.1) is 5.56 Å². The molecule has 0 aliphatic rings. The standard InChI is InChI=1S/C20H25NOS/c1-3-15-23-19-12-8-7-11-18(19)20(22)21-16(2)13-14-17-9-5-4-6-10-17/h4-12,16H,3,13-15H2,1-2H3,(H,21,22)/t16-/m1/s1. The molecule has 2 aromatic carbocycles. The Balaban J connectivity index is 1.90. The first kappa shape index (κ1) is 17.6. The van der Waals surface area contributed by atoms with E-state index in [1.54, 1.807) is 11.8 Å². The van der Waals surface area contributed by atoms with Crippen LogP contribution in [0.5, 0.6) is 0 Å². The Morgan fingerprint density at radius 2 is 1.78 bits per heavy atom. The topological polar surface area (TPSA) is 29.1 Å². The molecule has 0 aromatic heterocycles. The molecular formula is C20H25NOS. The molecule has 0 radical (unpaired) electrons. The van der Waals surface area contributed by atoms with E-state index in [2.05, 4.69) is 43.4 Å². The number of aryl methyl sites for hydroxylation is 1. The summed E-state index contributed by atoms with van der Waals surface area (Å²) in [5.41, 5.74) is 2.10. The van der Waals surface area contributed by atoms with E-state index in [0.29, 0.717) is 0 Å². The molecule has 2 rings (SSSR count). The highest BCUT2D eigenvalue weighted by molar-refractivity contribution is 7.99. The summed E-state index contributed by atoms with van der Waals surface area (Å²) in [5.74, 6) is 1.07. The molecule has 23 heavy (non-hydrogen) atoms. The van der Waals surface area contributed by atoms with Gasteiger partial charge in [-0.3, -0.25) is 4.79 Å². The van der Waals surface area contributed by atoms with Crippen LogP contribution in [0.15, 0.2) is 59.5 Å². The SMILES string of the molecule is CCCSc1ccccc1C(=O)N[C@H](C)CCc1ccccc1. The van der Waals surface area contributed by atoms with Gasteiger partial charge in [0.1, 0.15) is 0 Å². The Labute approximate surface area is 143 Å². The third kappa shape index (κ3) is 5.76. The van der Waals surface area contributed by atoms with E-state index < -0.39 is 0 Å². The molecule has 1 amide bonds. The van der Waals surface area contributed by atoms with Gasteiger partial charge in [0.15, 0.2) is 0 Å². The minimum absolute atomic E-state index is 0.0322. The Morgan fingerprint density at radius 3 is 2.52 bits per heavy atom. The molecular weight excluding hydrogens is 302 g/mol. The van der Waals surface area contributed by atoms with Crippen LogP contribution in [0.25, 0.3) is 0 Å². The number of benzene rings is 2. The van der Waals surface area contributed by atoms with Crippen molar-refractivity contribution >= 4 is 17.7 Å². The molecule has 0 unspecified atom stereocenters. The predicted molar refractivity (Wildman–Crippen MR) is 99.1 cm³/mol. The number of amides is 1. The molecule has 1 atom stereocenters. The lowest BCUT2D eigenvalue weighted by Crippen LogP contribution is -2.33. The number of carbonyl (C=O) groups excluding carboxylic acids is 1. The van der Waals surface area contributed by atoms with E-state index in [4.69, 9.17) is 0 Å². The van der Waals surface area contributed by atoms with Crippen molar-refractivity contribution in [3.05, 3.63) is 65.7 Å². The van der Waals surface area contributed by atoms with Gasteiger partial charge in [0, 0.05) is 10.9 Å². The number of rotatable bonds is 8. The van der Waals surface area contributed by atoms with Gasteiger partial charge in [-0.2, -0.15) is 0 Å². The van der Waals surface area contributed by atoms with Crippen molar-refractivity contribution in [2.45, 2.75) is 44.0 Å². The van der Waals surface area contributed by atoms with Crippen LogP contribution in [-0.2, 0) is 6.42 Å². The average Bonchev–Trinajstić information content (AvgIpc) is 2.59. The Morgan fingerprint density at radius 1 is 1.09 bits per heavy atom. The van der Waals surface area contributed by atoms with Crippen molar-refractivity contribution in [2.75, 3.05) is 5.75 Å². The largest absolute Gasteiger partial charge is 0.350 e. The second-order valence-electron chi connectivity index (χ2n) is 5.74. The zero-order valence-electron chi connectivity index (χ0n) is 13.9. The highest BCUT2D eigenvalue weighted by Gasteiger charge is 2.13. The summed E-state index contributed by atoms with van der Waals surface area (Å²) < 4.78 is 0. The molecule has 0 saturated carbocycles. The highest BCUT2D eigenvalue weighted by atomic mass is 32.2. The van der Waals surface area contributed by atoms with Crippen LogP contribution < -0.4 is 5.32 Å². The Bertz CT molecular complexity index is 612. The van der Waals surface area contributed by atoms with Gasteiger partial charge in [-0.25, -0.2) is 0 Å². The minimum Gasteiger partial charge on any atom is -0.350 e. The number of nitrogens with one attached hydrogen (secondary N) is 1. The summed E-state index contributed by atoms with van der Waals surface area (Å²) in [6.45, 7) is 4.23. The van der Waals surface area contributed by atoms with Crippen LogP contribution in [0.1, 0.15) is 42.6 Å². The molecule has 0 aliphatic carbocycles. The normalized spacial score (nSPS) is 11.9. The first-order chi connectivity index (χ1) is 11.2. The third-order valence-corrected chi connectivity index (χ3v) is 4.96. The number of carbonyl (C=O) groups is 1. The number of hydrogen-bond donors (Lipinski definition) is 1. The van der Waals surface area contributed by atoms with Crippen LogP contribution in [0.3, 0.4) is 0 Å². The molecule has 3 heteroatoms. The highest BCUT2D eigenvalue weighted by Crippen LogP contribution is 2.23. The molecule has 0 fully saturated rings. The molecule has 1 N–H and O–H groups in total. The average molecular weight is 327 g/mol. The molecule has 122 valence electrons. The van der Waals surface area contributed by atoms with Gasteiger partial charge in [0.25, 0.3) is 5.91 Å². The maximum Gasteiger partial charge on any atom is 0.252 e. The van der Waals surface area contributed by atoms with E-state index in [1.165, 1.54) is 5.56 Å². The molecule has 2 aromatic rings. The fraction of sp³-hybridized carbons (Fsp3) is 0.350. The predicted octanol–water partition coefficient (Wildman–Crippen LogP) is 4.94. The molecule has 0 saturated heterocycles. The Hall–Kier alpha value is -1.74. The maximum absolute atomic E-state index is 12.5. The maximum atomic E-state index is 12.5. The van der Waals surface area contributed by atoms with E-state index in [-0.39, 0.29) is 11.9 Å². The summed E-state index contributed by atoms with van der Waals surface area (Å²) in [4.78, 5) is 13.6. The third-order valence-electron chi connectivity index (χ3n) is 3.68. The summed E-state index contributed by atoms with van der Waals surface area (Å²) in [6.07, 6.45) is 3.03. The van der Waals surface area contributed by atoms with Crippen molar-refractivity contribution in [3.8, 4) is 0 Å². The van der Waals surface area contributed by atoms with Gasteiger partial charge in [0.2, 0.25) is 0 Å². The van der Waals surface area contributed by atoms with Gasteiger partial charge < -0.3 is 5.32 Å². The molecule has 0 heterocycles. The monoisotopic (exact) mass is 327 g/mol. The quantitative estimate of drug-likeness (QED) is 0.696. The first-order valence-corrected chi connectivity index (χ1v) is 9.26. The minimum atomic E-state index is 0.0322. The van der Waals surface area contributed by atoms with Gasteiger partial charge in [-0.15, -0.1) is 11.8 Å². The first-order valence-electron chi connectivity index (χ1n) is 8.27. The van der Waals surface area contributed by atoms with Gasteiger partial charge in [-0.1, -0.05) is 49.4 Å².